The number of amides is 1. The monoisotopic (exact) mass is 475 g/mol. The first-order valence-corrected chi connectivity index (χ1v) is 11.5. The van der Waals surface area contributed by atoms with Gasteiger partial charge in [0.15, 0.2) is 0 Å². The van der Waals surface area contributed by atoms with Gasteiger partial charge in [-0.3, -0.25) is 4.79 Å². The lowest BCUT2D eigenvalue weighted by Crippen LogP contribution is -2.38. The number of hydrogen-bond donors (Lipinski definition) is 3. The van der Waals surface area contributed by atoms with Crippen LogP contribution >= 0.6 is 0 Å². The Balaban J connectivity index is 1.46. The maximum absolute atomic E-state index is 13.0. The van der Waals surface area contributed by atoms with Crippen LogP contribution in [-0.4, -0.2) is 20.9 Å². The van der Waals surface area contributed by atoms with Gasteiger partial charge in [0.25, 0.3) is 5.91 Å². The van der Waals surface area contributed by atoms with Crippen LogP contribution in [0.2, 0.25) is 0 Å². The van der Waals surface area contributed by atoms with Crippen molar-refractivity contribution in [3.05, 3.63) is 95.1 Å². The van der Waals surface area contributed by atoms with Gasteiger partial charge in [0.2, 0.25) is 10.0 Å². The minimum atomic E-state index is -4.60. The van der Waals surface area contributed by atoms with Crippen LogP contribution in [0.15, 0.2) is 77.7 Å². The van der Waals surface area contributed by atoms with E-state index in [1.165, 1.54) is 12.1 Å². The maximum Gasteiger partial charge on any atom is 0.416 e. The first-order valence-electron chi connectivity index (χ1n) is 10.1. The Morgan fingerprint density at radius 2 is 1.67 bits per heavy atom. The number of alkyl halides is 3. The van der Waals surface area contributed by atoms with Crippen LogP contribution < -0.4 is 15.4 Å². The van der Waals surface area contributed by atoms with E-state index in [1.54, 1.807) is 12.1 Å². The van der Waals surface area contributed by atoms with E-state index in [4.69, 9.17) is 0 Å². The van der Waals surface area contributed by atoms with Crippen molar-refractivity contribution in [2.45, 2.75) is 23.7 Å². The average molecular weight is 475 g/mol. The molecule has 0 saturated carbocycles. The summed E-state index contributed by atoms with van der Waals surface area (Å²) >= 11 is 0. The number of benzene rings is 3. The molecule has 1 amide bonds. The highest BCUT2D eigenvalue weighted by Crippen LogP contribution is 2.37. The zero-order valence-corrected chi connectivity index (χ0v) is 18.0. The highest BCUT2D eigenvalue weighted by atomic mass is 32.2. The number of rotatable bonds is 5. The predicted octanol–water partition coefficient (Wildman–Crippen LogP) is 4.08. The van der Waals surface area contributed by atoms with Crippen LogP contribution in [0.5, 0.6) is 0 Å². The van der Waals surface area contributed by atoms with Crippen LogP contribution in [0, 0.1) is 0 Å². The van der Waals surface area contributed by atoms with Gasteiger partial charge in [-0.15, -0.1) is 0 Å². The molecule has 4 rings (SSSR count). The van der Waals surface area contributed by atoms with Crippen molar-refractivity contribution in [2.75, 3.05) is 11.9 Å². The molecule has 0 saturated heterocycles. The van der Waals surface area contributed by atoms with E-state index in [1.807, 2.05) is 30.3 Å². The zero-order valence-electron chi connectivity index (χ0n) is 17.2. The Kier molecular flexibility index (Phi) is 6.13. The summed E-state index contributed by atoms with van der Waals surface area (Å²) in [6, 6.07) is 18.3. The van der Waals surface area contributed by atoms with E-state index in [0.717, 1.165) is 23.8 Å². The fraction of sp³-hybridized carbons (Fsp3) is 0.174. The van der Waals surface area contributed by atoms with Gasteiger partial charge >= 0.3 is 6.18 Å². The van der Waals surface area contributed by atoms with Crippen LogP contribution in [0.3, 0.4) is 0 Å². The van der Waals surface area contributed by atoms with Crippen LogP contribution in [0.4, 0.5) is 18.9 Å². The molecule has 6 nitrogen and oxygen atoms in total. The summed E-state index contributed by atoms with van der Waals surface area (Å²) in [7, 11) is -4.03. The molecule has 3 N–H and O–H groups in total. The number of anilines is 1. The second-order valence-corrected chi connectivity index (χ2v) is 9.20. The quantitative estimate of drug-likeness (QED) is 0.519. The lowest BCUT2D eigenvalue weighted by Gasteiger charge is -2.29. The number of hydrogen-bond acceptors (Lipinski definition) is 4. The molecular formula is C23H20F3N3O3S. The largest absolute Gasteiger partial charge is 0.416 e. The second kappa shape index (κ2) is 8.87. The van der Waals surface area contributed by atoms with E-state index >= 15 is 0 Å². The van der Waals surface area contributed by atoms with Gasteiger partial charge < -0.3 is 10.6 Å². The van der Waals surface area contributed by atoms with Gasteiger partial charge in [-0.05, 0) is 47.9 Å². The summed E-state index contributed by atoms with van der Waals surface area (Å²) in [5.74, 6) is -0.283. The lowest BCUT2D eigenvalue weighted by atomic mass is 10.1. The van der Waals surface area contributed by atoms with Gasteiger partial charge in [0.05, 0.1) is 11.3 Å². The Labute approximate surface area is 188 Å². The Morgan fingerprint density at radius 3 is 2.33 bits per heavy atom. The van der Waals surface area contributed by atoms with Gasteiger partial charge in [-0.25, -0.2) is 8.42 Å². The van der Waals surface area contributed by atoms with Crippen LogP contribution in [0.25, 0.3) is 0 Å². The van der Waals surface area contributed by atoms with Crippen molar-refractivity contribution in [2.24, 2.45) is 0 Å². The molecule has 0 aromatic heterocycles. The SMILES string of the molecule is O=C(NCCc1ccccc1)c1ccc([C@@H]2Nc3cc(C(F)(F)F)ccc3S(=O)(=O)N2)cc1. The first kappa shape index (κ1) is 22.8. The molecular weight excluding hydrogens is 455 g/mol. The lowest BCUT2D eigenvalue weighted by molar-refractivity contribution is -0.137. The maximum atomic E-state index is 13.0. The van der Waals surface area contributed by atoms with Crippen molar-refractivity contribution in [1.82, 2.24) is 10.0 Å². The molecule has 10 heteroatoms. The highest BCUT2D eigenvalue weighted by molar-refractivity contribution is 7.89. The van der Waals surface area contributed by atoms with Crippen molar-refractivity contribution in [3.8, 4) is 0 Å². The molecule has 0 spiro atoms. The number of carbonyl (C=O) groups excluding carboxylic acids is 1. The van der Waals surface area contributed by atoms with E-state index in [0.29, 0.717) is 24.1 Å². The van der Waals surface area contributed by atoms with Crippen LogP contribution in [0.1, 0.15) is 33.2 Å². The molecule has 0 unspecified atom stereocenters. The summed E-state index contributed by atoms with van der Waals surface area (Å²) in [5, 5.41) is 5.61. The Morgan fingerprint density at radius 1 is 0.970 bits per heavy atom. The smallest absolute Gasteiger partial charge is 0.364 e. The zero-order chi connectivity index (χ0) is 23.6. The molecule has 0 radical (unpaired) electrons. The standard InChI is InChI=1S/C23H20F3N3O3S/c24-23(25,26)18-10-11-20-19(14-18)28-21(29-33(20,31)32)16-6-8-17(9-7-16)22(30)27-13-12-15-4-2-1-3-5-15/h1-11,14,21,28-29H,12-13H2,(H,27,30)/t21-/m1/s1. The minimum absolute atomic E-state index is 0.142. The fourth-order valence-corrected chi connectivity index (χ4v) is 4.79. The third-order valence-corrected chi connectivity index (χ3v) is 6.70. The molecule has 1 aliphatic rings. The molecule has 0 fully saturated rings. The Bertz CT molecular complexity index is 1260. The average Bonchev–Trinajstić information content (AvgIpc) is 2.78. The third kappa shape index (κ3) is 5.18. The van der Waals surface area contributed by atoms with Crippen molar-refractivity contribution in [3.63, 3.8) is 0 Å². The van der Waals surface area contributed by atoms with Gasteiger partial charge in [-0.2, -0.15) is 17.9 Å². The summed E-state index contributed by atoms with van der Waals surface area (Å²) in [5.41, 5.74) is 0.828. The number of nitrogens with one attached hydrogen (secondary N) is 3. The first-order chi connectivity index (χ1) is 15.6. The van der Waals surface area contributed by atoms with Gasteiger partial charge in [0.1, 0.15) is 11.1 Å². The van der Waals surface area contributed by atoms with E-state index < -0.39 is 27.9 Å². The normalized spacial score (nSPS) is 17.0. The molecule has 0 bridgehead atoms. The summed E-state index contributed by atoms with van der Waals surface area (Å²) in [6.45, 7) is 0.451. The summed E-state index contributed by atoms with van der Waals surface area (Å²) in [4.78, 5) is 12.1. The molecule has 33 heavy (non-hydrogen) atoms. The number of fused-ring (bicyclic) bond motifs is 1. The minimum Gasteiger partial charge on any atom is -0.364 e. The van der Waals surface area contributed by atoms with Gasteiger partial charge in [0, 0.05) is 12.1 Å². The third-order valence-electron chi connectivity index (χ3n) is 5.22. The molecule has 1 atom stereocenters. The van der Waals surface area contributed by atoms with E-state index in [9.17, 15) is 26.4 Å². The molecule has 1 aliphatic heterocycles. The molecule has 3 aromatic carbocycles. The molecule has 0 aliphatic carbocycles. The summed E-state index contributed by atoms with van der Waals surface area (Å²) in [6.07, 6.45) is -4.91. The fourth-order valence-electron chi connectivity index (χ4n) is 3.50. The van der Waals surface area contributed by atoms with Crippen molar-refractivity contribution in [1.29, 1.82) is 0 Å². The topological polar surface area (TPSA) is 87.3 Å². The van der Waals surface area contributed by atoms with Gasteiger partial charge in [-0.1, -0.05) is 42.5 Å². The number of halogens is 3. The molecule has 1 heterocycles. The van der Waals surface area contributed by atoms with Crippen LogP contribution in [-0.2, 0) is 22.6 Å². The van der Waals surface area contributed by atoms with E-state index in [-0.39, 0.29) is 16.5 Å². The highest BCUT2D eigenvalue weighted by Gasteiger charge is 2.35. The number of carbonyl (C=O) groups is 1. The second-order valence-electron chi connectivity index (χ2n) is 7.52. The van der Waals surface area contributed by atoms with Crippen molar-refractivity contribution >= 4 is 21.6 Å². The summed E-state index contributed by atoms with van der Waals surface area (Å²) < 4.78 is 66.6. The Hall–Kier alpha value is -3.37. The molecule has 172 valence electrons. The molecule has 3 aromatic rings. The predicted molar refractivity (Wildman–Crippen MR) is 117 cm³/mol. The van der Waals surface area contributed by atoms with E-state index in [2.05, 4.69) is 15.4 Å². The van der Waals surface area contributed by atoms with Crippen molar-refractivity contribution < 1.29 is 26.4 Å². The number of sulfonamides is 1.